The molecule has 15 heavy (non-hydrogen) atoms. The smallest absolute Gasteiger partial charge is 0.163 e. The van der Waals surface area contributed by atoms with Gasteiger partial charge in [-0.3, -0.25) is 0 Å². The highest BCUT2D eigenvalue weighted by atomic mass is 16.7. The molecule has 4 atom stereocenters. The predicted octanol–water partition coefficient (Wildman–Crippen LogP) is -1.82. The molecular weight excluding hydrogens is 202 g/mol. The maximum Gasteiger partial charge on any atom is 0.163 e. The number of aliphatic hydroxyl groups is 3. The highest BCUT2D eigenvalue weighted by Gasteiger charge is 2.40. The summed E-state index contributed by atoms with van der Waals surface area (Å²) in [5, 5.41) is 27.4. The Kier molecular flexibility index (Phi) is 4.05. The lowest BCUT2D eigenvalue weighted by Gasteiger charge is -2.27. The number of hydrogen-bond acceptors (Lipinski definition) is 6. The van der Waals surface area contributed by atoms with E-state index in [1.807, 2.05) is 0 Å². The number of hydrogen-bond donors (Lipinski definition) is 4. The van der Waals surface area contributed by atoms with Gasteiger partial charge in [0.05, 0.1) is 25.4 Å². The van der Waals surface area contributed by atoms with E-state index in [9.17, 15) is 10.2 Å². The molecule has 0 aromatic rings. The zero-order valence-electron chi connectivity index (χ0n) is 8.96. The summed E-state index contributed by atoms with van der Waals surface area (Å²) in [6.45, 7) is 3.22. The van der Waals surface area contributed by atoms with Gasteiger partial charge in [0.15, 0.2) is 5.79 Å². The highest BCUT2D eigenvalue weighted by molar-refractivity contribution is 4.88. The van der Waals surface area contributed by atoms with Crippen LogP contribution in [0.5, 0.6) is 0 Å². The summed E-state index contributed by atoms with van der Waals surface area (Å²) in [6.07, 6.45) is -2.96. The molecule has 90 valence electrons. The van der Waals surface area contributed by atoms with Crippen molar-refractivity contribution in [2.24, 2.45) is 5.73 Å². The van der Waals surface area contributed by atoms with Gasteiger partial charge >= 0.3 is 0 Å². The second-order valence-corrected chi connectivity index (χ2v) is 4.19. The van der Waals surface area contributed by atoms with E-state index >= 15 is 0 Å². The minimum atomic E-state index is -1.26. The van der Waals surface area contributed by atoms with Crippen LogP contribution in [0.3, 0.4) is 0 Å². The van der Waals surface area contributed by atoms with Crippen molar-refractivity contribution in [3.63, 3.8) is 0 Å². The second-order valence-electron chi connectivity index (χ2n) is 4.19. The van der Waals surface area contributed by atoms with Crippen molar-refractivity contribution in [2.45, 2.75) is 44.0 Å². The summed E-state index contributed by atoms with van der Waals surface area (Å²) in [5.74, 6) is -0.716. The minimum Gasteiger partial charge on any atom is -0.394 e. The van der Waals surface area contributed by atoms with Gasteiger partial charge in [-0.25, -0.2) is 0 Å². The molecule has 0 spiro atoms. The van der Waals surface area contributed by atoms with Crippen LogP contribution >= 0.6 is 0 Å². The Balaban J connectivity index is 2.51. The normalized spacial score (nSPS) is 31.2. The third-order valence-electron chi connectivity index (χ3n) is 2.44. The molecule has 0 unspecified atom stereocenters. The lowest BCUT2D eigenvalue weighted by Crippen LogP contribution is -2.52. The average molecular weight is 221 g/mol. The third-order valence-corrected chi connectivity index (χ3v) is 2.44. The summed E-state index contributed by atoms with van der Waals surface area (Å²) in [4.78, 5) is 0. The SMILES string of the molecule is CC1(C)OC[C@H]([C@@H](N)[C@H](O)[C@H](O)CO)O1. The number of rotatable bonds is 4. The first-order valence-electron chi connectivity index (χ1n) is 4.92. The van der Waals surface area contributed by atoms with Crippen molar-refractivity contribution in [3.8, 4) is 0 Å². The van der Waals surface area contributed by atoms with Gasteiger partial charge in [0, 0.05) is 0 Å². The number of aliphatic hydroxyl groups excluding tert-OH is 3. The van der Waals surface area contributed by atoms with Crippen LogP contribution in [0.4, 0.5) is 0 Å². The van der Waals surface area contributed by atoms with Crippen molar-refractivity contribution in [1.29, 1.82) is 0 Å². The minimum absolute atomic E-state index is 0.267. The monoisotopic (exact) mass is 221 g/mol. The van der Waals surface area contributed by atoms with E-state index in [2.05, 4.69) is 0 Å². The lowest BCUT2D eigenvalue weighted by atomic mass is 10.0. The first kappa shape index (κ1) is 12.8. The van der Waals surface area contributed by atoms with Crippen LogP contribution in [0.1, 0.15) is 13.8 Å². The standard InChI is InChI=1S/C9H19NO5/c1-9(2)14-4-6(15-9)7(10)8(13)5(12)3-11/h5-8,11-13H,3-4,10H2,1-2H3/t5-,6-,7-,8-/m1/s1. The predicted molar refractivity (Wildman–Crippen MR) is 52.0 cm³/mol. The molecule has 1 aliphatic rings. The summed E-state index contributed by atoms with van der Waals surface area (Å²) in [7, 11) is 0. The van der Waals surface area contributed by atoms with E-state index < -0.39 is 36.7 Å². The first-order valence-corrected chi connectivity index (χ1v) is 4.92. The zero-order chi connectivity index (χ0) is 11.6. The Morgan fingerprint density at radius 1 is 1.47 bits per heavy atom. The number of nitrogens with two attached hydrogens (primary N) is 1. The first-order chi connectivity index (χ1) is 6.87. The van der Waals surface area contributed by atoms with Crippen molar-refractivity contribution >= 4 is 0 Å². The molecule has 0 bridgehead atoms. The molecule has 1 rings (SSSR count). The Morgan fingerprint density at radius 3 is 2.47 bits per heavy atom. The summed E-state index contributed by atoms with van der Waals surface area (Å²) in [6, 6.07) is -0.783. The van der Waals surface area contributed by atoms with E-state index in [1.165, 1.54) is 0 Å². The molecule has 1 fully saturated rings. The van der Waals surface area contributed by atoms with Crippen LogP contribution in [-0.2, 0) is 9.47 Å². The van der Waals surface area contributed by atoms with Crippen LogP contribution in [0.15, 0.2) is 0 Å². The van der Waals surface area contributed by atoms with Crippen LogP contribution in [-0.4, -0.2) is 58.7 Å². The molecular formula is C9H19NO5. The maximum absolute atomic E-state index is 9.55. The van der Waals surface area contributed by atoms with E-state index in [4.69, 9.17) is 20.3 Å². The summed E-state index contributed by atoms with van der Waals surface area (Å²) in [5.41, 5.74) is 5.69. The van der Waals surface area contributed by atoms with Crippen molar-refractivity contribution < 1.29 is 24.8 Å². The molecule has 0 amide bonds. The van der Waals surface area contributed by atoms with Crippen LogP contribution in [0.25, 0.3) is 0 Å². The maximum atomic E-state index is 9.55. The Bertz CT molecular complexity index is 211. The number of ether oxygens (including phenoxy) is 2. The van der Waals surface area contributed by atoms with Crippen LogP contribution in [0, 0.1) is 0 Å². The summed E-state index contributed by atoms with van der Waals surface area (Å²) >= 11 is 0. The van der Waals surface area contributed by atoms with Gasteiger partial charge in [0.2, 0.25) is 0 Å². The van der Waals surface area contributed by atoms with Crippen LogP contribution in [0.2, 0.25) is 0 Å². The van der Waals surface area contributed by atoms with E-state index in [-0.39, 0.29) is 6.61 Å². The molecule has 6 heteroatoms. The average Bonchev–Trinajstić information content (AvgIpc) is 2.55. The van der Waals surface area contributed by atoms with Gasteiger partial charge in [0.1, 0.15) is 12.2 Å². The zero-order valence-corrected chi connectivity index (χ0v) is 8.96. The molecule has 1 saturated heterocycles. The quantitative estimate of drug-likeness (QED) is 0.445. The molecule has 6 nitrogen and oxygen atoms in total. The van der Waals surface area contributed by atoms with E-state index in [1.54, 1.807) is 13.8 Å². The molecule has 0 aromatic carbocycles. The fourth-order valence-corrected chi connectivity index (χ4v) is 1.49. The van der Waals surface area contributed by atoms with Gasteiger partial charge < -0.3 is 30.5 Å². The molecule has 5 N–H and O–H groups in total. The van der Waals surface area contributed by atoms with Gasteiger partial charge in [-0.1, -0.05) is 0 Å². The topological polar surface area (TPSA) is 105 Å². The largest absolute Gasteiger partial charge is 0.394 e. The van der Waals surface area contributed by atoms with Crippen molar-refractivity contribution in [3.05, 3.63) is 0 Å². The molecule has 0 radical (unpaired) electrons. The third kappa shape index (κ3) is 3.10. The molecule has 0 aliphatic carbocycles. The Labute approximate surface area is 88.6 Å². The van der Waals surface area contributed by atoms with E-state index in [0.29, 0.717) is 0 Å². The fraction of sp³-hybridized carbons (Fsp3) is 1.00. The molecule has 1 heterocycles. The van der Waals surface area contributed by atoms with Crippen molar-refractivity contribution in [2.75, 3.05) is 13.2 Å². The van der Waals surface area contributed by atoms with Gasteiger partial charge in [-0.15, -0.1) is 0 Å². The second kappa shape index (κ2) is 4.73. The van der Waals surface area contributed by atoms with Gasteiger partial charge in [-0.05, 0) is 13.8 Å². The van der Waals surface area contributed by atoms with Gasteiger partial charge in [-0.2, -0.15) is 0 Å². The molecule has 1 aliphatic heterocycles. The van der Waals surface area contributed by atoms with Crippen LogP contribution < -0.4 is 5.73 Å². The van der Waals surface area contributed by atoms with Gasteiger partial charge in [0.25, 0.3) is 0 Å². The van der Waals surface area contributed by atoms with E-state index in [0.717, 1.165) is 0 Å². The lowest BCUT2D eigenvalue weighted by molar-refractivity contribution is -0.147. The van der Waals surface area contributed by atoms with Crippen molar-refractivity contribution in [1.82, 2.24) is 0 Å². The Morgan fingerprint density at radius 2 is 2.07 bits per heavy atom. The molecule has 0 aromatic heterocycles. The molecule has 0 saturated carbocycles. The fourth-order valence-electron chi connectivity index (χ4n) is 1.49. The Hall–Kier alpha value is -0.240. The summed E-state index contributed by atoms with van der Waals surface area (Å²) < 4.78 is 10.7. The highest BCUT2D eigenvalue weighted by Crippen LogP contribution is 2.24.